The molecule has 3 heterocycles. The Morgan fingerprint density at radius 1 is 0.850 bits per heavy atom. The van der Waals surface area contributed by atoms with Crippen LogP contribution in [0.15, 0.2) is 97.3 Å². The van der Waals surface area contributed by atoms with E-state index < -0.39 is 0 Å². The number of benzene rings is 2. The summed E-state index contributed by atoms with van der Waals surface area (Å²) in [5.41, 5.74) is 7.33. The average Bonchev–Trinajstić information content (AvgIpc) is 3.66. The summed E-state index contributed by atoms with van der Waals surface area (Å²) in [7, 11) is 1.66. The van der Waals surface area contributed by atoms with E-state index in [0.717, 1.165) is 40.4 Å². The summed E-state index contributed by atoms with van der Waals surface area (Å²) in [6.07, 6.45) is 17.1. The first-order valence-electron chi connectivity index (χ1n) is 13.1. The van der Waals surface area contributed by atoms with Crippen LogP contribution in [-0.4, -0.2) is 26.9 Å². The van der Waals surface area contributed by atoms with Crippen LogP contribution in [0.5, 0.6) is 11.5 Å². The number of rotatable bonds is 9. The summed E-state index contributed by atoms with van der Waals surface area (Å²) in [4.78, 5) is 8.82. The Bertz CT molecular complexity index is 1700. The molecule has 1 aliphatic rings. The van der Waals surface area contributed by atoms with Crippen LogP contribution < -0.4 is 9.47 Å². The monoisotopic (exact) mass is 524 g/mol. The van der Waals surface area contributed by atoms with Crippen molar-refractivity contribution in [2.45, 2.75) is 13.0 Å². The molecular formula is C34H28N4O2. The lowest BCUT2D eigenvalue weighted by Gasteiger charge is -2.09. The molecule has 40 heavy (non-hydrogen) atoms. The van der Waals surface area contributed by atoms with Gasteiger partial charge in [-0.1, -0.05) is 48.6 Å². The Hall–Kier alpha value is -5.23. The van der Waals surface area contributed by atoms with E-state index >= 15 is 0 Å². The lowest BCUT2D eigenvalue weighted by atomic mass is 10.1. The van der Waals surface area contributed by atoms with Gasteiger partial charge in [0.25, 0.3) is 0 Å². The molecule has 0 spiro atoms. The van der Waals surface area contributed by atoms with Crippen molar-refractivity contribution in [1.29, 1.82) is 0 Å². The fourth-order valence-corrected chi connectivity index (χ4v) is 4.58. The third-order valence-electron chi connectivity index (χ3n) is 6.62. The van der Waals surface area contributed by atoms with Gasteiger partial charge in [-0.3, -0.25) is 4.98 Å². The van der Waals surface area contributed by atoms with Crippen LogP contribution in [0.25, 0.3) is 36.2 Å². The van der Waals surface area contributed by atoms with Gasteiger partial charge in [-0.05, 0) is 83.8 Å². The van der Waals surface area contributed by atoms with Gasteiger partial charge >= 0.3 is 0 Å². The molecule has 196 valence electrons. The first-order chi connectivity index (χ1) is 19.7. The quantitative estimate of drug-likeness (QED) is 0.205. The maximum Gasteiger partial charge on any atom is 0.153 e. The van der Waals surface area contributed by atoms with E-state index in [-0.39, 0.29) is 0 Å². The minimum absolute atomic E-state index is 0.392. The number of nitrogens with zero attached hydrogens (tertiary/aromatic N) is 4. The third-order valence-corrected chi connectivity index (χ3v) is 6.62. The van der Waals surface area contributed by atoms with Gasteiger partial charge in [0, 0.05) is 24.0 Å². The molecule has 3 aromatic heterocycles. The fraction of sp³-hybridized carbons (Fsp3) is 0.0882. The highest BCUT2D eigenvalue weighted by Crippen LogP contribution is 2.27. The van der Waals surface area contributed by atoms with E-state index in [1.165, 1.54) is 11.1 Å². The zero-order chi connectivity index (χ0) is 27.1. The Morgan fingerprint density at radius 2 is 1.75 bits per heavy atom. The van der Waals surface area contributed by atoms with Crippen molar-refractivity contribution in [2.24, 2.45) is 0 Å². The highest BCUT2D eigenvalue weighted by Gasteiger charge is 2.09. The minimum Gasteiger partial charge on any atom is -0.496 e. The van der Waals surface area contributed by atoms with Gasteiger partial charge in [0.1, 0.15) is 18.1 Å². The fourth-order valence-electron chi connectivity index (χ4n) is 4.58. The lowest BCUT2D eigenvalue weighted by molar-refractivity contribution is 0.299. The molecule has 6 rings (SSSR count). The molecule has 2 aromatic carbocycles. The number of hydrogen-bond acceptors (Lipinski definition) is 5. The molecular weight excluding hydrogens is 496 g/mol. The molecule has 0 saturated carbocycles. The number of fused-ring (bicyclic) bond motifs is 1. The predicted octanol–water partition coefficient (Wildman–Crippen LogP) is 7.16. The summed E-state index contributed by atoms with van der Waals surface area (Å²) in [6.45, 7) is 0.392. The smallest absolute Gasteiger partial charge is 0.153 e. The van der Waals surface area contributed by atoms with Crippen LogP contribution in [0.2, 0.25) is 0 Å². The highest BCUT2D eigenvalue weighted by molar-refractivity contribution is 5.75. The maximum atomic E-state index is 5.91. The largest absolute Gasteiger partial charge is 0.496 e. The molecule has 0 unspecified atom stereocenters. The van der Waals surface area contributed by atoms with E-state index in [9.17, 15) is 0 Å². The van der Waals surface area contributed by atoms with Crippen LogP contribution in [0, 0.1) is 0 Å². The van der Waals surface area contributed by atoms with Crippen molar-refractivity contribution in [3.05, 3.63) is 137 Å². The van der Waals surface area contributed by atoms with Crippen molar-refractivity contribution < 1.29 is 9.47 Å². The summed E-state index contributed by atoms with van der Waals surface area (Å²) in [5, 5.41) is 4.84. The van der Waals surface area contributed by atoms with E-state index in [4.69, 9.17) is 14.6 Å². The molecule has 0 amide bonds. The molecule has 1 aliphatic carbocycles. The zero-order valence-corrected chi connectivity index (χ0v) is 22.1. The molecule has 0 atom stereocenters. The van der Waals surface area contributed by atoms with Gasteiger partial charge in [-0.25, -0.2) is 9.67 Å². The third kappa shape index (κ3) is 5.76. The van der Waals surface area contributed by atoms with E-state index in [2.05, 4.69) is 52.5 Å². The molecule has 0 radical (unpaired) electrons. The van der Waals surface area contributed by atoms with Gasteiger partial charge in [0.05, 0.1) is 24.2 Å². The normalized spacial score (nSPS) is 12.3. The molecule has 0 fully saturated rings. The molecule has 0 N–H and O–H groups in total. The molecule has 6 heteroatoms. The first-order valence-corrected chi connectivity index (χ1v) is 13.1. The van der Waals surface area contributed by atoms with Gasteiger partial charge < -0.3 is 9.47 Å². The van der Waals surface area contributed by atoms with Crippen LogP contribution in [0.3, 0.4) is 0 Å². The Labute approximate surface area is 233 Å². The van der Waals surface area contributed by atoms with Crippen molar-refractivity contribution in [1.82, 2.24) is 19.7 Å². The topological polar surface area (TPSA) is 62.1 Å². The standard InChI is InChI=1S/C34H28N4O2/c1-39-33-23-32(40-24-30-9-2-4-19-35-30)18-15-27(33)14-16-29-22-31(38(37-29)34-10-3-5-20-36-34)17-12-25-11-13-26-7-6-8-28(26)21-25/h2-7,9-23H,8,24H2,1H3/b16-14+,17-12+. The second kappa shape index (κ2) is 11.7. The Kier molecular flexibility index (Phi) is 7.31. The van der Waals surface area contributed by atoms with Crippen molar-refractivity contribution in [3.8, 4) is 17.3 Å². The van der Waals surface area contributed by atoms with E-state index in [0.29, 0.717) is 18.1 Å². The van der Waals surface area contributed by atoms with E-state index in [1.54, 1.807) is 19.5 Å². The second-order valence-electron chi connectivity index (χ2n) is 9.34. The summed E-state index contributed by atoms with van der Waals surface area (Å²) in [5.74, 6) is 2.19. The van der Waals surface area contributed by atoms with Gasteiger partial charge in [-0.2, -0.15) is 5.10 Å². The minimum atomic E-state index is 0.392. The maximum absolute atomic E-state index is 5.91. The molecule has 0 saturated heterocycles. The van der Waals surface area contributed by atoms with Gasteiger partial charge in [0.15, 0.2) is 5.82 Å². The van der Waals surface area contributed by atoms with E-state index in [1.807, 2.05) is 77.5 Å². The first kappa shape index (κ1) is 25.1. The van der Waals surface area contributed by atoms with Crippen LogP contribution in [0.4, 0.5) is 0 Å². The van der Waals surface area contributed by atoms with Crippen LogP contribution in [0.1, 0.15) is 39.3 Å². The van der Waals surface area contributed by atoms with Gasteiger partial charge in [-0.15, -0.1) is 0 Å². The number of allylic oxidation sites excluding steroid dienone is 1. The Morgan fingerprint density at radius 3 is 2.58 bits per heavy atom. The molecule has 0 aliphatic heterocycles. The van der Waals surface area contributed by atoms with Crippen molar-refractivity contribution in [3.63, 3.8) is 0 Å². The molecule has 6 nitrogen and oxygen atoms in total. The number of ether oxygens (including phenoxy) is 2. The second-order valence-corrected chi connectivity index (χ2v) is 9.34. The predicted molar refractivity (Wildman–Crippen MR) is 160 cm³/mol. The summed E-state index contributed by atoms with van der Waals surface area (Å²) >= 11 is 0. The van der Waals surface area contributed by atoms with Crippen LogP contribution >= 0.6 is 0 Å². The SMILES string of the molecule is COc1cc(OCc2ccccn2)ccc1/C=C/c1cc(/C=C/c2ccc3c(c2)CC=C3)n(-c2ccccn2)n1. The van der Waals surface area contributed by atoms with Crippen LogP contribution in [-0.2, 0) is 13.0 Å². The number of hydrogen-bond donors (Lipinski definition) is 0. The number of pyridine rings is 2. The molecule has 5 aromatic rings. The molecule has 0 bridgehead atoms. The average molecular weight is 525 g/mol. The lowest BCUT2D eigenvalue weighted by Crippen LogP contribution is -2.01. The Balaban J connectivity index is 1.24. The van der Waals surface area contributed by atoms with Crippen molar-refractivity contribution >= 4 is 30.4 Å². The summed E-state index contributed by atoms with van der Waals surface area (Å²) < 4.78 is 13.4. The number of aromatic nitrogens is 4. The number of methoxy groups -OCH3 is 1. The highest BCUT2D eigenvalue weighted by atomic mass is 16.5. The van der Waals surface area contributed by atoms with Gasteiger partial charge in [0.2, 0.25) is 0 Å². The summed E-state index contributed by atoms with van der Waals surface area (Å²) in [6, 6.07) is 26.0. The van der Waals surface area contributed by atoms with Crippen molar-refractivity contribution in [2.75, 3.05) is 7.11 Å². The zero-order valence-electron chi connectivity index (χ0n) is 22.1.